The summed E-state index contributed by atoms with van der Waals surface area (Å²) in [5, 5.41) is 4.30. The Bertz CT molecular complexity index is 582. The quantitative estimate of drug-likeness (QED) is 0.876. The Kier molecular flexibility index (Phi) is 4.60. The van der Waals surface area contributed by atoms with E-state index in [0.717, 1.165) is 41.1 Å². The van der Waals surface area contributed by atoms with E-state index >= 15 is 0 Å². The fourth-order valence-electron chi connectivity index (χ4n) is 2.49. The highest BCUT2D eigenvalue weighted by molar-refractivity contribution is 7.18. The molecule has 2 heterocycles. The highest BCUT2D eigenvalue weighted by atomic mass is 32.1. The van der Waals surface area contributed by atoms with Crippen LogP contribution in [0.3, 0.4) is 0 Å². The first-order valence-corrected chi connectivity index (χ1v) is 7.99. The fourth-order valence-corrected chi connectivity index (χ4v) is 3.45. The molecule has 1 N–H and O–H groups in total. The highest BCUT2D eigenvalue weighted by Gasteiger charge is 2.32. The van der Waals surface area contributed by atoms with Crippen LogP contribution in [0.2, 0.25) is 0 Å². The summed E-state index contributed by atoms with van der Waals surface area (Å²) < 4.78 is 5.76. The maximum absolute atomic E-state index is 5.76. The van der Waals surface area contributed by atoms with Crippen molar-refractivity contribution in [2.24, 2.45) is 0 Å². The number of methoxy groups -OCH3 is 1. The maximum atomic E-state index is 5.76. The minimum atomic E-state index is -0.393. The second-order valence-electron chi connectivity index (χ2n) is 4.84. The molecule has 0 saturated heterocycles. The average molecular weight is 293 g/mol. The van der Waals surface area contributed by atoms with Gasteiger partial charge in [0.15, 0.2) is 5.82 Å². The summed E-state index contributed by atoms with van der Waals surface area (Å²) in [6.07, 6.45) is 2.75. The molecule has 2 aromatic heterocycles. The Hall–Kier alpha value is -1.20. The number of fused-ring (bicyclic) bond motifs is 1. The number of nitrogens with one attached hydrogen (secondary N) is 1. The van der Waals surface area contributed by atoms with Crippen LogP contribution in [0, 0.1) is 0 Å². The van der Waals surface area contributed by atoms with Crippen LogP contribution in [-0.4, -0.2) is 24.1 Å². The number of anilines is 1. The van der Waals surface area contributed by atoms with Gasteiger partial charge >= 0.3 is 0 Å². The van der Waals surface area contributed by atoms with Gasteiger partial charge in [-0.3, -0.25) is 0 Å². The number of nitrogens with zero attached hydrogens (tertiary/aromatic N) is 2. The summed E-state index contributed by atoms with van der Waals surface area (Å²) in [6.45, 7) is 6.40. The summed E-state index contributed by atoms with van der Waals surface area (Å²) in [5.41, 5.74) is -0.393. The molecule has 5 heteroatoms. The van der Waals surface area contributed by atoms with E-state index in [1.807, 2.05) is 7.05 Å². The van der Waals surface area contributed by atoms with Crippen LogP contribution in [0.15, 0.2) is 6.07 Å². The van der Waals surface area contributed by atoms with Crippen molar-refractivity contribution < 1.29 is 4.74 Å². The lowest BCUT2D eigenvalue weighted by Gasteiger charge is -2.28. The van der Waals surface area contributed by atoms with Crippen molar-refractivity contribution in [3.63, 3.8) is 0 Å². The molecule has 0 aliphatic heterocycles. The normalized spacial score (nSPS) is 12.1. The van der Waals surface area contributed by atoms with Gasteiger partial charge in [0.2, 0.25) is 0 Å². The molecule has 0 amide bonds. The first-order valence-electron chi connectivity index (χ1n) is 7.17. The zero-order valence-electron chi connectivity index (χ0n) is 12.9. The molecule has 0 saturated carbocycles. The van der Waals surface area contributed by atoms with E-state index in [2.05, 4.69) is 32.2 Å². The molecule has 0 spiro atoms. The summed E-state index contributed by atoms with van der Waals surface area (Å²) in [7, 11) is 3.65. The second kappa shape index (κ2) is 6.06. The predicted molar refractivity (Wildman–Crippen MR) is 85.6 cm³/mol. The Morgan fingerprint density at radius 3 is 2.45 bits per heavy atom. The summed E-state index contributed by atoms with van der Waals surface area (Å²) >= 11 is 1.74. The smallest absolute Gasteiger partial charge is 0.164 e. The Morgan fingerprint density at radius 2 is 1.95 bits per heavy atom. The molecule has 0 aromatic carbocycles. The molecular formula is C15H23N3OS. The third kappa shape index (κ3) is 2.40. The van der Waals surface area contributed by atoms with Crippen LogP contribution in [0.25, 0.3) is 10.2 Å². The van der Waals surface area contributed by atoms with E-state index in [1.54, 1.807) is 18.4 Å². The molecule has 4 nitrogen and oxygen atoms in total. The first kappa shape index (κ1) is 15.2. The molecule has 2 rings (SSSR count). The predicted octanol–water partition coefficient (Wildman–Crippen LogP) is 3.96. The van der Waals surface area contributed by atoms with Gasteiger partial charge in [0.05, 0.1) is 5.39 Å². The van der Waals surface area contributed by atoms with Gasteiger partial charge in [-0.15, -0.1) is 11.3 Å². The molecule has 0 unspecified atom stereocenters. The first-order chi connectivity index (χ1) is 9.63. The molecule has 2 aromatic rings. The van der Waals surface area contributed by atoms with E-state index in [0.29, 0.717) is 0 Å². The van der Waals surface area contributed by atoms with Crippen molar-refractivity contribution in [3.05, 3.63) is 16.8 Å². The summed E-state index contributed by atoms with van der Waals surface area (Å²) in [6, 6.07) is 2.18. The lowest BCUT2D eigenvalue weighted by atomic mass is 9.96. The number of thiophene rings is 1. The van der Waals surface area contributed by atoms with E-state index in [1.165, 1.54) is 4.88 Å². The molecule has 0 atom stereocenters. The largest absolute Gasteiger partial charge is 0.372 e. The van der Waals surface area contributed by atoms with E-state index in [9.17, 15) is 0 Å². The van der Waals surface area contributed by atoms with Crippen LogP contribution in [-0.2, 0) is 16.8 Å². The zero-order valence-corrected chi connectivity index (χ0v) is 13.7. The van der Waals surface area contributed by atoms with Gasteiger partial charge in [-0.05, 0) is 25.3 Å². The lowest BCUT2D eigenvalue weighted by molar-refractivity contribution is -0.0287. The van der Waals surface area contributed by atoms with Crippen molar-refractivity contribution in [3.8, 4) is 0 Å². The van der Waals surface area contributed by atoms with Gasteiger partial charge in [0.25, 0.3) is 0 Å². The Balaban J connectivity index is 2.65. The number of hydrogen-bond acceptors (Lipinski definition) is 5. The van der Waals surface area contributed by atoms with Crippen molar-refractivity contribution in [1.82, 2.24) is 9.97 Å². The third-order valence-corrected chi connectivity index (χ3v) is 5.14. The average Bonchev–Trinajstić information content (AvgIpc) is 2.92. The van der Waals surface area contributed by atoms with Gasteiger partial charge in [0, 0.05) is 19.0 Å². The Morgan fingerprint density at radius 1 is 1.25 bits per heavy atom. The number of rotatable bonds is 6. The number of aryl methyl sites for hydroxylation is 1. The van der Waals surface area contributed by atoms with Crippen LogP contribution < -0.4 is 5.32 Å². The van der Waals surface area contributed by atoms with E-state index in [4.69, 9.17) is 14.7 Å². The van der Waals surface area contributed by atoms with Gasteiger partial charge < -0.3 is 10.1 Å². The van der Waals surface area contributed by atoms with E-state index in [-0.39, 0.29) is 0 Å². The molecule has 0 bridgehead atoms. The van der Waals surface area contributed by atoms with Crippen molar-refractivity contribution in [2.75, 3.05) is 19.5 Å². The van der Waals surface area contributed by atoms with Gasteiger partial charge in [-0.1, -0.05) is 20.8 Å². The van der Waals surface area contributed by atoms with Crippen LogP contribution in [0.4, 0.5) is 5.82 Å². The standard InChI is InChI=1S/C15H23N3OS/c1-6-10-9-11-12(16-4)17-14(18-13(11)20-10)15(7-2,8-3)19-5/h9H,6-8H2,1-5H3,(H,16,17,18). The summed E-state index contributed by atoms with van der Waals surface area (Å²) in [4.78, 5) is 11.9. The molecular weight excluding hydrogens is 270 g/mol. The van der Waals surface area contributed by atoms with Crippen LogP contribution in [0.1, 0.15) is 44.3 Å². The van der Waals surface area contributed by atoms with Crippen molar-refractivity contribution in [1.29, 1.82) is 0 Å². The minimum absolute atomic E-state index is 0.393. The SMILES string of the molecule is CCc1cc2c(NC)nc(C(CC)(CC)OC)nc2s1. The highest BCUT2D eigenvalue weighted by Crippen LogP contribution is 2.35. The molecule has 0 radical (unpaired) electrons. The second-order valence-corrected chi connectivity index (χ2v) is 5.95. The van der Waals surface area contributed by atoms with Crippen LogP contribution in [0.5, 0.6) is 0 Å². The lowest BCUT2D eigenvalue weighted by Crippen LogP contribution is -2.29. The molecule has 110 valence electrons. The summed E-state index contributed by atoms with van der Waals surface area (Å²) in [5.74, 6) is 1.68. The van der Waals surface area contributed by atoms with Crippen molar-refractivity contribution >= 4 is 27.4 Å². The number of ether oxygens (including phenoxy) is 1. The minimum Gasteiger partial charge on any atom is -0.372 e. The van der Waals surface area contributed by atoms with Gasteiger partial charge in [-0.2, -0.15) is 0 Å². The fraction of sp³-hybridized carbons (Fsp3) is 0.600. The van der Waals surface area contributed by atoms with E-state index < -0.39 is 5.60 Å². The van der Waals surface area contributed by atoms with Crippen LogP contribution >= 0.6 is 11.3 Å². The topological polar surface area (TPSA) is 47.0 Å². The van der Waals surface area contributed by atoms with Crippen molar-refractivity contribution in [2.45, 2.75) is 45.6 Å². The number of aromatic nitrogens is 2. The molecule has 0 aliphatic rings. The Labute approximate surface area is 124 Å². The van der Waals surface area contributed by atoms with Gasteiger partial charge in [-0.25, -0.2) is 9.97 Å². The monoisotopic (exact) mass is 293 g/mol. The van der Waals surface area contributed by atoms with Gasteiger partial charge in [0.1, 0.15) is 16.2 Å². The molecule has 0 aliphatic carbocycles. The molecule has 0 fully saturated rings. The molecule has 20 heavy (non-hydrogen) atoms. The number of hydrogen-bond donors (Lipinski definition) is 1. The third-order valence-electron chi connectivity index (χ3n) is 3.97. The maximum Gasteiger partial charge on any atom is 0.164 e. The zero-order chi connectivity index (χ0) is 14.8.